The Morgan fingerprint density at radius 1 is 1.36 bits per heavy atom. The molecule has 3 rings (SSSR count). The number of rotatable bonds is 2. The quantitative estimate of drug-likeness (QED) is 0.844. The summed E-state index contributed by atoms with van der Waals surface area (Å²) in [5.74, 6) is 0.334. The molecular weight excluding hydrogens is 322 g/mol. The van der Waals surface area contributed by atoms with Gasteiger partial charge in [-0.2, -0.15) is 8.42 Å². The summed E-state index contributed by atoms with van der Waals surface area (Å²) in [6.07, 6.45) is 2.20. The van der Waals surface area contributed by atoms with Crippen molar-refractivity contribution >= 4 is 27.3 Å². The van der Waals surface area contributed by atoms with Crippen molar-refractivity contribution in [1.82, 2.24) is 9.55 Å². The molecule has 1 atom stereocenters. The van der Waals surface area contributed by atoms with Crippen LogP contribution in [0, 0.1) is 6.92 Å². The summed E-state index contributed by atoms with van der Waals surface area (Å²) >= 11 is 6.10. The highest BCUT2D eigenvalue weighted by Crippen LogP contribution is 2.40. The first-order valence-corrected chi connectivity index (χ1v) is 8.95. The van der Waals surface area contributed by atoms with E-state index in [1.54, 1.807) is 7.05 Å². The van der Waals surface area contributed by atoms with Crippen molar-refractivity contribution in [1.29, 1.82) is 0 Å². The molecule has 1 aromatic carbocycles. The smallest absolute Gasteiger partial charge is 0.284 e. The zero-order chi connectivity index (χ0) is 16.1. The maximum absolute atomic E-state index is 13.0. The number of fused-ring (bicyclic) bond motifs is 1. The maximum atomic E-state index is 13.0. The van der Waals surface area contributed by atoms with E-state index in [0.717, 1.165) is 23.2 Å². The number of sulfonamides is 1. The molecule has 22 heavy (non-hydrogen) atoms. The van der Waals surface area contributed by atoms with Gasteiger partial charge in [0.2, 0.25) is 5.03 Å². The zero-order valence-corrected chi connectivity index (χ0v) is 14.3. The lowest BCUT2D eigenvalue weighted by molar-refractivity contribution is 0.575. The summed E-state index contributed by atoms with van der Waals surface area (Å²) in [6, 6.07) is 5.89. The molecule has 1 aliphatic heterocycles. The van der Waals surface area contributed by atoms with Gasteiger partial charge in [0.25, 0.3) is 10.0 Å². The lowest BCUT2D eigenvalue weighted by Gasteiger charge is -2.34. The van der Waals surface area contributed by atoms with Gasteiger partial charge in [-0.05, 0) is 30.4 Å². The molecule has 0 N–H and O–H groups in total. The Kier molecular flexibility index (Phi) is 3.69. The number of anilines is 1. The summed E-state index contributed by atoms with van der Waals surface area (Å²) in [5, 5.41) is 0.0502. The molecule has 0 fully saturated rings. The first-order valence-electron chi connectivity index (χ1n) is 7.13. The van der Waals surface area contributed by atoms with Gasteiger partial charge in [0.1, 0.15) is 5.15 Å². The van der Waals surface area contributed by atoms with Crippen molar-refractivity contribution in [2.24, 2.45) is 7.05 Å². The first kappa shape index (κ1) is 15.4. The number of para-hydroxylation sites is 1. The second-order valence-corrected chi connectivity index (χ2v) is 7.87. The molecule has 2 aromatic rings. The lowest BCUT2D eigenvalue weighted by atomic mass is 9.91. The second-order valence-electron chi connectivity index (χ2n) is 5.73. The molecule has 0 bridgehead atoms. The molecule has 5 nitrogen and oxygen atoms in total. The third-order valence-corrected chi connectivity index (χ3v) is 6.47. The molecule has 1 aliphatic rings. The van der Waals surface area contributed by atoms with Crippen LogP contribution in [-0.2, 0) is 17.1 Å². The molecule has 7 heteroatoms. The van der Waals surface area contributed by atoms with E-state index in [0.29, 0.717) is 12.5 Å². The van der Waals surface area contributed by atoms with Crippen molar-refractivity contribution in [3.8, 4) is 0 Å². The van der Waals surface area contributed by atoms with Gasteiger partial charge in [0, 0.05) is 13.6 Å². The van der Waals surface area contributed by atoms with Crippen LogP contribution in [0.4, 0.5) is 5.69 Å². The number of halogens is 1. The fourth-order valence-corrected chi connectivity index (χ4v) is 4.88. The second kappa shape index (κ2) is 5.28. The van der Waals surface area contributed by atoms with E-state index >= 15 is 0 Å². The number of aromatic nitrogens is 2. The Morgan fingerprint density at radius 3 is 2.73 bits per heavy atom. The van der Waals surface area contributed by atoms with Crippen molar-refractivity contribution in [2.45, 2.75) is 31.2 Å². The molecule has 0 amide bonds. The minimum Gasteiger partial charge on any atom is -0.324 e. The van der Waals surface area contributed by atoms with Crippen LogP contribution in [0.3, 0.4) is 0 Å². The van der Waals surface area contributed by atoms with Crippen LogP contribution in [-0.4, -0.2) is 24.5 Å². The molecule has 0 saturated heterocycles. The Bertz CT molecular complexity index is 829. The van der Waals surface area contributed by atoms with Crippen LogP contribution in [0.1, 0.15) is 30.4 Å². The summed E-state index contributed by atoms with van der Waals surface area (Å²) in [7, 11) is -2.09. The van der Waals surface area contributed by atoms with Crippen LogP contribution in [0.2, 0.25) is 5.15 Å². The first-order chi connectivity index (χ1) is 10.3. The summed E-state index contributed by atoms with van der Waals surface area (Å²) in [5.41, 5.74) is 2.77. The van der Waals surface area contributed by atoms with Gasteiger partial charge in [-0.3, -0.25) is 4.31 Å². The average molecular weight is 340 g/mol. The molecule has 0 saturated carbocycles. The molecule has 2 heterocycles. The Morgan fingerprint density at radius 2 is 2.09 bits per heavy atom. The van der Waals surface area contributed by atoms with Gasteiger partial charge in [-0.25, -0.2) is 4.98 Å². The zero-order valence-electron chi connectivity index (χ0n) is 12.7. The van der Waals surface area contributed by atoms with Gasteiger partial charge in [0.15, 0.2) is 0 Å². The predicted octanol–water partition coefficient (Wildman–Crippen LogP) is 3.08. The minimum atomic E-state index is -3.76. The van der Waals surface area contributed by atoms with Gasteiger partial charge in [0.05, 0.1) is 12.0 Å². The van der Waals surface area contributed by atoms with E-state index < -0.39 is 10.0 Å². The fraction of sp³-hybridized carbons (Fsp3) is 0.400. The summed E-state index contributed by atoms with van der Waals surface area (Å²) in [4.78, 5) is 3.99. The number of hydrogen-bond acceptors (Lipinski definition) is 3. The van der Waals surface area contributed by atoms with Crippen molar-refractivity contribution < 1.29 is 8.42 Å². The third-order valence-electron chi connectivity index (χ3n) is 4.18. The van der Waals surface area contributed by atoms with E-state index in [1.165, 1.54) is 15.2 Å². The summed E-state index contributed by atoms with van der Waals surface area (Å²) < 4.78 is 29.0. The third kappa shape index (κ3) is 2.21. The largest absolute Gasteiger partial charge is 0.324 e. The van der Waals surface area contributed by atoms with Gasteiger partial charge in [-0.15, -0.1) is 0 Å². The minimum absolute atomic E-state index is 0.0829. The predicted molar refractivity (Wildman–Crippen MR) is 87.0 cm³/mol. The standard InChI is InChI=1S/C15H18ClN3O2S/c1-10-7-8-19(13-11(2)5-4-6-12(10)13)22(20,21)15-14(16)18(3)9-17-15/h4-6,9-10H,7-8H2,1-3H3. The SMILES string of the molecule is Cc1cccc2c1N(S(=O)(=O)c1ncn(C)c1Cl)CCC2C. The van der Waals surface area contributed by atoms with Crippen LogP contribution < -0.4 is 4.31 Å². The Hall–Kier alpha value is -1.53. The highest BCUT2D eigenvalue weighted by Gasteiger charge is 2.35. The molecule has 0 aliphatic carbocycles. The number of hydrogen-bond donors (Lipinski definition) is 0. The van der Waals surface area contributed by atoms with Crippen molar-refractivity contribution in [2.75, 3.05) is 10.8 Å². The van der Waals surface area contributed by atoms with Crippen LogP contribution in [0.5, 0.6) is 0 Å². The number of imidazole rings is 1. The van der Waals surface area contributed by atoms with Crippen LogP contribution in [0.15, 0.2) is 29.6 Å². The van der Waals surface area contributed by atoms with Gasteiger partial charge >= 0.3 is 0 Å². The lowest BCUT2D eigenvalue weighted by Crippen LogP contribution is -2.37. The Labute approximate surface area is 135 Å². The van der Waals surface area contributed by atoms with E-state index in [1.807, 2.05) is 25.1 Å². The molecule has 0 spiro atoms. The van der Waals surface area contributed by atoms with Crippen molar-refractivity contribution in [3.05, 3.63) is 40.8 Å². The molecule has 1 unspecified atom stereocenters. The van der Waals surface area contributed by atoms with E-state index in [4.69, 9.17) is 11.6 Å². The van der Waals surface area contributed by atoms with Gasteiger partial charge < -0.3 is 4.57 Å². The van der Waals surface area contributed by atoms with E-state index in [9.17, 15) is 8.42 Å². The number of nitrogens with zero attached hydrogens (tertiary/aromatic N) is 3. The Balaban J connectivity index is 2.18. The van der Waals surface area contributed by atoms with Crippen LogP contribution >= 0.6 is 11.6 Å². The van der Waals surface area contributed by atoms with Crippen LogP contribution in [0.25, 0.3) is 0 Å². The average Bonchev–Trinajstić information content (AvgIpc) is 2.80. The topological polar surface area (TPSA) is 55.2 Å². The van der Waals surface area contributed by atoms with E-state index in [-0.39, 0.29) is 10.2 Å². The van der Waals surface area contributed by atoms with Gasteiger partial charge in [-0.1, -0.05) is 36.7 Å². The highest BCUT2D eigenvalue weighted by molar-refractivity contribution is 7.92. The molecule has 1 aromatic heterocycles. The number of benzene rings is 1. The molecule has 0 radical (unpaired) electrons. The van der Waals surface area contributed by atoms with E-state index in [2.05, 4.69) is 11.9 Å². The monoisotopic (exact) mass is 339 g/mol. The molecule has 118 valence electrons. The number of aryl methyl sites for hydroxylation is 2. The fourth-order valence-electron chi connectivity index (χ4n) is 2.91. The molecular formula is C15H18ClN3O2S. The maximum Gasteiger partial charge on any atom is 0.284 e. The normalized spacial score (nSPS) is 18.4. The summed E-state index contributed by atoms with van der Waals surface area (Å²) in [6.45, 7) is 4.49. The highest BCUT2D eigenvalue weighted by atomic mass is 35.5. The van der Waals surface area contributed by atoms with Crippen molar-refractivity contribution in [3.63, 3.8) is 0 Å².